The van der Waals surface area contributed by atoms with Gasteiger partial charge in [-0.3, -0.25) is 0 Å². The van der Waals surface area contributed by atoms with Crippen molar-refractivity contribution in [3.63, 3.8) is 0 Å². The van der Waals surface area contributed by atoms with Crippen LogP contribution in [-0.4, -0.2) is 6.54 Å². The van der Waals surface area contributed by atoms with Crippen LogP contribution >= 0.6 is 0 Å². The lowest BCUT2D eigenvalue weighted by atomic mass is 10.0. The van der Waals surface area contributed by atoms with E-state index in [1.807, 2.05) is 6.07 Å². The van der Waals surface area contributed by atoms with Crippen molar-refractivity contribution in [1.82, 2.24) is 0 Å². The van der Waals surface area contributed by atoms with Crippen molar-refractivity contribution in [1.29, 1.82) is 0 Å². The van der Waals surface area contributed by atoms with Gasteiger partial charge < -0.3 is 5.32 Å². The molecule has 0 unspecified atom stereocenters. The molecule has 0 amide bonds. The van der Waals surface area contributed by atoms with Gasteiger partial charge in [-0.2, -0.15) is 0 Å². The van der Waals surface area contributed by atoms with Crippen LogP contribution in [0.5, 0.6) is 0 Å². The summed E-state index contributed by atoms with van der Waals surface area (Å²) in [4.78, 5) is 0. The van der Waals surface area contributed by atoms with Gasteiger partial charge in [-0.05, 0) is 28.8 Å². The van der Waals surface area contributed by atoms with Crippen LogP contribution in [0.1, 0.15) is 5.56 Å². The van der Waals surface area contributed by atoms with E-state index in [0.29, 0.717) is 0 Å². The highest BCUT2D eigenvalue weighted by molar-refractivity contribution is 5.76. The zero-order valence-corrected chi connectivity index (χ0v) is 8.98. The zero-order chi connectivity index (χ0) is 10.8. The van der Waals surface area contributed by atoms with Crippen LogP contribution in [0.3, 0.4) is 0 Å². The van der Waals surface area contributed by atoms with Crippen LogP contribution < -0.4 is 5.32 Å². The molecule has 0 aromatic heterocycles. The Morgan fingerprint density at radius 3 is 2.62 bits per heavy atom. The third kappa shape index (κ3) is 1.61. The maximum atomic E-state index is 3.35. The molecule has 0 spiro atoms. The topological polar surface area (TPSA) is 12.0 Å². The second kappa shape index (κ2) is 3.86. The Hall–Kier alpha value is -2.02. The number of hydrogen-bond donors (Lipinski definition) is 1. The van der Waals surface area contributed by atoms with Gasteiger partial charge >= 0.3 is 0 Å². The lowest BCUT2D eigenvalue weighted by Gasteiger charge is -2.14. The normalized spacial score (nSPS) is 13.0. The molecular weight excluding hydrogens is 194 g/mol. The number of rotatable bonds is 1. The summed E-state index contributed by atoms with van der Waals surface area (Å²) in [5.41, 5.74) is 5.03. The predicted molar refractivity (Wildman–Crippen MR) is 69.4 cm³/mol. The number of nitrogens with one attached hydrogen (secondary N) is 1. The molecule has 2 aromatic rings. The molecule has 78 valence electrons. The second-order valence-corrected chi connectivity index (χ2v) is 3.95. The van der Waals surface area contributed by atoms with Crippen LogP contribution in [0.2, 0.25) is 0 Å². The summed E-state index contributed by atoms with van der Waals surface area (Å²) >= 11 is 0. The molecule has 0 atom stereocenters. The van der Waals surface area contributed by atoms with Crippen LogP contribution in [-0.2, 0) is 0 Å². The minimum absolute atomic E-state index is 0.928. The smallest absolute Gasteiger partial charge is 0.0416 e. The fraction of sp³-hybridized carbons (Fsp3) is 0.0667. The number of fused-ring (bicyclic) bond motifs is 1. The summed E-state index contributed by atoms with van der Waals surface area (Å²) in [6, 6.07) is 17.0. The molecule has 1 aliphatic rings. The molecule has 0 saturated carbocycles. The third-order valence-electron chi connectivity index (χ3n) is 2.87. The Morgan fingerprint density at radius 1 is 0.875 bits per heavy atom. The summed E-state index contributed by atoms with van der Waals surface area (Å²) in [5, 5.41) is 3.35. The van der Waals surface area contributed by atoms with Gasteiger partial charge in [0, 0.05) is 12.2 Å². The van der Waals surface area contributed by atoms with Crippen LogP contribution in [0.15, 0.2) is 54.6 Å². The first-order chi connectivity index (χ1) is 7.93. The van der Waals surface area contributed by atoms with Crippen molar-refractivity contribution in [2.75, 3.05) is 11.9 Å². The maximum absolute atomic E-state index is 3.35. The van der Waals surface area contributed by atoms with Crippen molar-refractivity contribution in [3.8, 4) is 11.1 Å². The van der Waals surface area contributed by atoms with E-state index in [1.54, 1.807) is 0 Å². The highest BCUT2D eigenvalue weighted by Crippen LogP contribution is 2.27. The first-order valence-electron chi connectivity index (χ1n) is 5.53. The summed E-state index contributed by atoms with van der Waals surface area (Å²) in [7, 11) is 0. The first kappa shape index (κ1) is 9.22. The van der Waals surface area contributed by atoms with Crippen LogP contribution in [0.25, 0.3) is 17.2 Å². The third-order valence-corrected chi connectivity index (χ3v) is 2.87. The minimum atomic E-state index is 0.928. The van der Waals surface area contributed by atoms with Crippen molar-refractivity contribution < 1.29 is 0 Å². The van der Waals surface area contributed by atoms with Crippen LogP contribution in [0.4, 0.5) is 5.69 Å². The van der Waals surface area contributed by atoms with E-state index in [2.05, 4.69) is 59.9 Å². The van der Waals surface area contributed by atoms with E-state index in [0.717, 1.165) is 6.54 Å². The van der Waals surface area contributed by atoms with E-state index in [4.69, 9.17) is 0 Å². The molecule has 0 radical (unpaired) electrons. The van der Waals surface area contributed by atoms with Gasteiger partial charge in [-0.15, -0.1) is 0 Å². The van der Waals surface area contributed by atoms with Gasteiger partial charge in [0.15, 0.2) is 0 Å². The lowest BCUT2D eigenvalue weighted by Crippen LogP contribution is -2.03. The molecule has 16 heavy (non-hydrogen) atoms. The molecule has 0 aliphatic carbocycles. The van der Waals surface area contributed by atoms with Crippen molar-refractivity contribution >= 4 is 11.8 Å². The standard InChI is InChI=1S/C15H13N/c1-2-5-12(6-3-1)13-8-9-15-14(11-13)7-4-10-16-15/h1-9,11,16H,10H2. The molecule has 1 heteroatoms. The largest absolute Gasteiger partial charge is 0.381 e. The van der Waals surface area contributed by atoms with E-state index in [-0.39, 0.29) is 0 Å². The molecular formula is C15H13N. The van der Waals surface area contributed by atoms with E-state index in [9.17, 15) is 0 Å². The van der Waals surface area contributed by atoms with Gasteiger partial charge in [-0.25, -0.2) is 0 Å². The van der Waals surface area contributed by atoms with Gasteiger partial charge in [0.2, 0.25) is 0 Å². The maximum Gasteiger partial charge on any atom is 0.0416 e. The number of anilines is 1. The molecule has 0 saturated heterocycles. The monoisotopic (exact) mass is 207 g/mol. The highest BCUT2D eigenvalue weighted by Gasteiger charge is 2.04. The first-order valence-corrected chi connectivity index (χ1v) is 5.53. The summed E-state index contributed by atoms with van der Waals surface area (Å²) in [5.74, 6) is 0. The molecule has 3 rings (SSSR count). The van der Waals surface area contributed by atoms with Crippen molar-refractivity contribution in [2.45, 2.75) is 0 Å². The van der Waals surface area contributed by atoms with Crippen molar-refractivity contribution in [3.05, 3.63) is 60.2 Å². The van der Waals surface area contributed by atoms with Crippen LogP contribution in [0, 0.1) is 0 Å². The Kier molecular flexibility index (Phi) is 2.22. The molecule has 0 fully saturated rings. The number of benzene rings is 2. The highest BCUT2D eigenvalue weighted by atomic mass is 14.9. The van der Waals surface area contributed by atoms with Crippen molar-refractivity contribution in [2.24, 2.45) is 0 Å². The SMILES string of the molecule is C1=Cc2cc(-c3ccccc3)ccc2NC1. The lowest BCUT2D eigenvalue weighted by molar-refractivity contribution is 1.31. The van der Waals surface area contributed by atoms with E-state index >= 15 is 0 Å². The second-order valence-electron chi connectivity index (χ2n) is 3.95. The Bertz CT molecular complexity index is 526. The average Bonchev–Trinajstić information content (AvgIpc) is 2.39. The summed E-state index contributed by atoms with van der Waals surface area (Å²) in [6.07, 6.45) is 4.33. The van der Waals surface area contributed by atoms with Gasteiger partial charge in [-0.1, -0.05) is 48.6 Å². The zero-order valence-electron chi connectivity index (χ0n) is 8.98. The molecule has 0 bridgehead atoms. The molecule has 1 nitrogen and oxygen atoms in total. The fourth-order valence-electron chi connectivity index (χ4n) is 2.03. The molecule has 1 heterocycles. The average molecular weight is 207 g/mol. The van der Waals surface area contributed by atoms with Gasteiger partial charge in [0.1, 0.15) is 0 Å². The van der Waals surface area contributed by atoms with Gasteiger partial charge in [0.25, 0.3) is 0 Å². The Morgan fingerprint density at radius 2 is 1.75 bits per heavy atom. The molecule has 1 aliphatic heterocycles. The fourth-order valence-corrected chi connectivity index (χ4v) is 2.03. The number of hydrogen-bond acceptors (Lipinski definition) is 1. The summed E-state index contributed by atoms with van der Waals surface area (Å²) in [6.45, 7) is 0.928. The van der Waals surface area contributed by atoms with Gasteiger partial charge in [0.05, 0.1) is 0 Å². The van der Waals surface area contributed by atoms with E-state index < -0.39 is 0 Å². The quantitative estimate of drug-likeness (QED) is 0.750. The Balaban J connectivity index is 2.08. The predicted octanol–water partition coefficient (Wildman–Crippen LogP) is 3.79. The molecule has 2 aromatic carbocycles. The van der Waals surface area contributed by atoms with E-state index in [1.165, 1.54) is 22.4 Å². The minimum Gasteiger partial charge on any atom is -0.381 e. The summed E-state index contributed by atoms with van der Waals surface area (Å²) < 4.78 is 0. The Labute approximate surface area is 95.4 Å². The molecule has 1 N–H and O–H groups in total.